The van der Waals surface area contributed by atoms with Crippen molar-refractivity contribution in [3.63, 3.8) is 0 Å². The van der Waals surface area contributed by atoms with Gasteiger partial charge in [-0.2, -0.15) is 0 Å². The number of hydrogen-bond acceptors (Lipinski definition) is 6. The third-order valence-electron chi connectivity index (χ3n) is 3.02. The lowest BCUT2D eigenvalue weighted by Gasteiger charge is -1.98. The Morgan fingerprint density at radius 3 is 3.05 bits per heavy atom. The number of oxazole rings is 1. The van der Waals surface area contributed by atoms with Crippen LogP contribution in [0.5, 0.6) is 0 Å². The van der Waals surface area contributed by atoms with E-state index in [1.807, 2.05) is 24.3 Å². The van der Waals surface area contributed by atoms with E-state index in [9.17, 15) is 4.79 Å². The first-order chi connectivity index (χ1) is 10.3. The summed E-state index contributed by atoms with van der Waals surface area (Å²) < 4.78 is 11.8. The summed E-state index contributed by atoms with van der Waals surface area (Å²) in [5.41, 5.74) is 1.66. The minimum absolute atomic E-state index is 0.0689. The van der Waals surface area contributed by atoms with Gasteiger partial charge in [-0.05, 0) is 18.6 Å². The Morgan fingerprint density at radius 2 is 2.24 bits per heavy atom. The Balaban J connectivity index is 1.58. The summed E-state index contributed by atoms with van der Waals surface area (Å²) in [4.78, 5) is 19.5. The molecule has 7 heteroatoms. The highest BCUT2D eigenvalue weighted by atomic mass is 16.5. The molecule has 0 spiro atoms. The molecule has 1 aromatic carbocycles. The second-order valence-electron chi connectivity index (χ2n) is 4.50. The van der Waals surface area contributed by atoms with Crippen molar-refractivity contribution in [3.05, 3.63) is 42.3 Å². The van der Waals surface area contributed by atoms with E-state index in [2.05, 4.69) is 19.8 Å². The Morgan fingerprint density at radius 1 is 1.38 bits per heavy atom. The van der Waals surface area contributed by atoms with Gasteiger partial charge in [0.1, 0.15) is 11.8 Å². The average Bonchev–Trinajstić information content (AvgIpc) is 3.12. The van der Waals surface area contributed by atoms with Crippen molar-refractivity contribution >= 4 is 17.1 Å². The Hall–Kier alpha value is -2.70. The van der Waals surface area contributed by atoms with Crippen molar-refractivity contribution in [1.82, 2.24) is 19.7 Å². The van der Waals surface area contributed by atoms with Crippen molar-refractivity contribution in [1.29, 1.82) is 0 Å². The third kappa shape index (κ3) is 2.91. The van der Waals surface area contributed by atoms with E-state index < -0.39 is 5.97 Å². The van der Waals surface area contributed by atoms with Crippen LogP contribution in [0.2, 0.25) is 0 Å². The highest BCUT2D eigenvalue weighted by Gasteiger charge is 2.11. The van der Waals surface area contributed by atoms with Crippen LogP contribution in [0.3, 0.4) is 0 Å². The molecule has 0 bridgehead atoms. The van der Waals surface area contributed by atoms with Crippen molar-refractivity contribution in [2.45, 2.75) is 19.4 Å². The lowest BCUT2D eigenvalue weighted by molar-refractivity contribution is 0.0586. The van der Waals surface area contributed by atoms with E-state index in [1.54, 1.807) is 4.68 Å². The first-order valence-corrected chi connectivity index (χ1v) is 6.58. The monoisotopic (exact) mass is 286 g/mol. The zero-order valence-corrected chi connectivity index (χ0v) is 11.5. The van der Waals surface area contributed by atoms with Crippen LogP contribution in [0.15, 0.2) is 35.0 Å². The maximum Gasteiger partial charge on any atom is 0.377 e. The molecule has 7 nitrogen and oxygen atoms in total. The zero-order chi connectivity index (χ0) is 14.7. The highest BCUT2D eigenvalue weighted by Crippen LogP contribution is 2.15. The lowest BCUT2D eigenvalue weighted by atomic mass is 10.3. The van der Waals surface area contributed by atoms with E-state index in [0.29, 0.717) is 18.9 Å². The minimum Gasteiger partial charge on any atom is -0.463 e. The molecule has 3 aromatic rings. The van der Waals surface area contributed by atoms with Crippen LogP contribution in [0.1, 0.15) is 22.9 Å². The van der Waals surface area contributed by atoms with Gasteiger partial charge >= 0.3 is 5.97 Å². The molecule has 0 saturated heterocycles. The molecular weight excluding hydrogens is 272 g/mol. The molecule has 0 fully saturated rings. The van der Waals surface area contributed by atoms with E-state index >= 15 is 0 Å². The van der Waals surface area contributed by atoms with Crippen LogP contribution in [-0.2, 0) is 17.7 Å². The number of carbonyl (C=O) groups excluding carboxylic acids is 1. The highest BCUT2D eigenvalue weighted by molar-refractivity contribution is 5.84. The van der Waals surface area contributed by atoms with Crippen molar-refractivity contribution in [3.8, 4) is 0 Å². The normalized spacial score (nSPS) is 10.9. The summed E-state index contributed by atoms with van der Waals surface area (Å²) in [5.74, 6) is 0.233. The number of ether oxygens (including phenoxy) is 1. The van der Waals surface area contributed by atoms with Crippen LogP contribution >= 0.6 is 0 Å². The number of benzene rings is 1. The summed E-state index contributed by atoms with van der Waals surface area (Å²) in [6, 6.07) is 7.66. The number of nitrogens with zero attached hydrogens (tertiary/aromatic N) is 4. The fourth-order valence-electron chi connectivity index (χ4n) is 2.01. The second-order valence-corrected chi connectivity index (χ2v) is 4.50. The number of hydrogen-bond donors (Lipinski definition) is 0. The van der Waals surface area contributed by atoms with Gasteiger partial charge in [0.15, 0.2) is 11.5 Å². The van der Waals surface area contributed by atoms with Gasteiger partial charge in [0.2, 0.25) is 0 Å². The molecule has 0 amide bonds. The van der Waals surface area contributed by atoms with Crippen LogP contribution in [0, 0.1) is 0 Å². The van der Waals surface area contributed by atoms with Gasteiger partial charge in [0, 0.05) is 13.0 Å². The SMILES string of the molecule is COC(=O)c1ncn(CCCc2nc3ccccc3o2)n1. The number of rotatable bonds is 5. The molecule has 0 saturated carbocycles. The number of methoxy groups -OCH3 is 1. The van der Waals surface area contributed by atoms with E-state index in [1.165, 1.54) is 13.4 Å². The van der Waals surface area contributed by atoms with Crippen LogP contribution in [0.4, 0.5) is 0 Å². The summed E-state index contributed by atoms with van der Waals surface area (Å²) >= 11 is 0. The Labute approximate surface area is 120 Å². The molecule has 21 heavy (non-hydrogen) atoms. The maximum absolute atomic E-state index is 11.2. The van der Waals surface area contributed by atoms with E-state index in [-0.39, 0.29) is 5.82 Å². The first-order valence-electron chi connectivity index (χ1n) is 6.58. The third-order valence-corrected chi connectivity index (χ3v) is 3.02. The van der Waals surface area contributed by atoms with Gasteiger partial charge in [0.25, 0.3) is 5.82 Å². The van der Waals surface area contributed by atoms with Crippen molar-refractivity contribution in [2.75, 3.05) is 7.11 Å². The standard InChI is InChI=1S/C14H14N4O3/c1-20-14(19)13-15-9-18(17-13)8-4-7-12-16-10-5-2-3-6-11(10)21-12/h2-3,5-6,9H,4,7-8H2,1H3. The molecule has 0 aliphatic carbocycles. The number of para-hydroxylation sites is 2. The lowest BCUT2D eigenvalue weighted by Crippen LogP contribution is -2.06. The average molecular weight is 286 g/mol. The molecule has 3 rings (SSSR count). The van der Waals surface area contributed by atoms with Crippen molar-refractivity contribution in [2.24, 2.45) is 0 Å². The molecule has 0 N–H and O–H groups in total. The number of esters is 1. The van der Waals surface area contributed by atoms with Crippen LogP contribution < -0.4 is 0 Å². The molecule has 2 heterocycles. The van der Waals surface area contributed by atoms with Gasteiger partial charge in [-0.25, -0.2) is 14.8 Å². The quantitative estimate of drug-likeness (QED) is 0.665. The fourth-order valence-corrected chi connectivity index (χ4v) is 2.01. The molecule has 0 radical (unpaired) electrons. The first kappa shape index (κ1) is 13.3. The number of fused-ring (bicyclic) bond motifs is 1. The van der Waals surface area contributed by atoms with Gasteiger partial charge in [-0.15, -0.1) is 5.10 Å². The summed E-state index contributed by atoms with van der Waals surface area (Å²) in [5, 5.41) is 4.03. The summed E-state index contributed by atoms with van der Waals surface area (Å²) in [6.45, 7) is 0.628. The fraction of sp³-hybridized carbons (Fsp3) is 0.286. The zero-order valence-electron chi connectivity index (χ0n) is 11.5. The topological polar surface area (TPSA) is 83.0 Å². The number of aromatic nitrogens is 4. The van der Waals surface area contributed by atoms with Gasteiger partial charge in [-0.3, -0.25) is 4.68 Å². The van der Waals surface area contributed by atoms with E-state index in [4.69, 9.17) is 4.42 Å². The van der Waals surface area contributed by atoms with Crippen LogP contribution in [-0.4, -0.2) is 32.8 Å². The Bertz CT molecular complexity index is 729. The number of aryl methyl sites for hydroxylation is 2. The minimum atomic E-state index is -0.535. The van der Waals surface area contributed by atoms with Crippen molar-refractivity contribution < 1.29 is 13.9 Å². The molecule has 0 atom stereocenters. The van der Waals surface area contributed by atoms with Gasteiger partial charge in [0.05, 0.1) is 7.11 Å². The predicted molar refractivity (Wildman–Crippen MR) is 73.7 cm³/mol. The smallest absolute Gasteiger partial charge is 0.377 e. The Kier molecular flexibility index (Phi) is 3.63. The molecule has 0 aliphatic rings. The maximum atomic E-state index is 11.2. The van der Waals surface area contributed by atoms with E-state index in [0.717, 1.165) is 17.5 Å². The number of carbonyl (C=O) groups is 1. The van der Waals surface area contributed by atoms with Crippen LogP contribution in [0.25, 0.3) is 11.1 Å². The molecular formula is C14H14N4O3. The summed E-state index contributed by atoms with van der Waals surface area (Å²) in [7, 11) is 1.30. The molecule has 0 unspecified atom stereocenters. The second kappa shape index (κ2) is 5.74. The molecule has 0 aliphatic heterocycles. The summed E-state index contributed by atoms with van der Waals surface area (Å²) in [6.07, 6.45) is 3.00. The molecule has 2 aromatic heterocycles. The van der Waals surface area contributed by atoms with Gasteiger partial charge in [-0.1, -0.05) is 12.1 Å². The molecule has 108 valence electrons. The largest absolute Gasteiger partial charge is 0.463 e. The van der Waals surface area contributed by atoms with Gasteiger partial charge < -0.3 is 9.15 Å². The predicted octanol–water partition coefficient (Wildman–Crippen LogP) is 1.84.